The summed E-state index contributed by atoms with van der Waals surface area (Å²) in [7, 11) is 0. The van der Waals surface area contributed by atoms with Gasteiger partial charge in [-0.05, 0) is 20.8 Å². The van der Waals surface area contributed by atoms with E-state index in [0.717, 1.165) is 0 Å². The lowest BCUT2D eigenvalue weighted by Crippen LogP contribution is -2.24. The summed E-state index contributed by atoms with van der Waals surface area (Å²) < 4.78 is 5.15. The molecule has 0 spiro atoms. The number of ether oxygens (including phenoxy) is 1. The van der Waals surface area contributed by atoms with Crippen LogP contribution in [0.5, 0.6) is 0 Å². The molecular weight excluding hydrogens is 251 g/mol. The Balaban J connectivity index is 3.14. The molecule has 1 aromatic rings. The first-order valence-corrected chi connectivity index (χ1v) is 5.31. The Morgan fingerprint density at radius 1 is 1.44 bits per heavy atom. The van der Waals surface area contributed by atoms with E-state index in [2.05, 4.69) is 4.98 Å². The van der Waals surface area contributed by atoms with Crippen LogP contribution in [0, 0.1) is 0 Å². The van der Waals surface area contributed by atoms with Crippen LogP contribution in [0.4, 0.5) is 5.69 Å². The van der Waals surface area contributed by atoms with E-state index in [1.54, 1.807) is 20.8 Å². The molecule has 6 heteroatoms. The number of hydrogen-bond donors (Lipinski definition) is 1. The number of halogens is 2. The minimum absolute atomic E-state index is 0.0101. The molecule has 1 aromatic heterocycles. The van der Waals surface area contributed by atoms with Gasteiger partial charge in [-0.3, -0.25) is 0 Å². The molecule has 0 fully saturated rings. The minimum atomic E-state index is -0.622. The summed E-state index contributed by atoms with van der Waals surface area (Å²) in [5, 5.41) is 0.0349. The van der Waals surface area contributed by atoms with Crippen molar-refractivity contribution in [3.05, 3.63) is 21.9 Å². The van der Waals surface area contributed by atoms with E-state index in [-0.39, 0.29) is 21.4 Å². The summed E-state index contributed by atoms with van der Waals surface area (Å²) in [6.07, 6.45) is 1.27. The highest BCUT2D eigenvalue weighted by Gasteiger charge is 2.23. The zero-order valence-electron chi connectivity index (χ0n) is 9.17. The number of aromatic nitrogens is 1. The van der Waals surface area contributed by atoms with Gasteiger partial charge in [-0.25, -0.2) is 9.78 Å². The third-order valence-corrected chi connectivity index (χ3v) is 2.36. The predicted octanol–water partition coefficient (Wildman–Crippen LogP) is 2.93. The van der Waals surface area contributed by atoms with Crippen molar-refractivity contribution in [2.75, 3.05) is 5.73 Å². The number of pyridine rings is 1. The molecule has 0 unspecified atom stereocenters. The second kappa shape index (κ2) is 4.47. The Morgan fingerprint density at radius 3 is 2.50 bits per heavy atom. The van der Waals surface area contributed by atoms with Crippen molar-refractivity contribution in [1.29, 1.82) is 0 Å². The molecule has 1 rings (SSSR count). The number of rotatable bonds is 1. The van der Waals surface area contributed by atoms with Gasteiger partial charge in [-0.15, -0.1) is 0 Å². The van der Waals surface area contributed by atoms with Gasteiger partial charge in [0.1, 0.15) is 16.3 Å². The lowest BCUT2D eigenvalue weighted by Gasteiger charge is -2.20. The monoisotopic (exact) mass is 262 g/mol. The molecule has 0 atom stereocenters. The fourth-order valence-electron chi connectivity index (χ4n) is 1.01. The van der Waals surface area contributed by atoms with Crippen LogP contribution in [0.15, 0.2) is 6.20 Å². The second-order valence-corrected chi connectivity index (χ2v) is 4.93. The maximum atomic E-state index is 11.8. The summed E-state index contributed by atoms with van der Waals surface area (Å²) in [6.45, 7) is 5.24. The van der Waals surface area contributed by atoms with Crippen LogP contribution in [-0.2, 0) is 4.74 Å². The van der Waals surface area contributed by atoms with Crippen LogP contribution in [-0.4, -0.2) is 16.6 Å². The van der Waals surface area contributed by atoms with E-state index in [9.17, 15) is 4.79 Å². The Morgan fingerprint density at radius 2 is 2.00 bits per heavy atom. The van der Waals surface area contributed by atoms with Crippen molar-refractivity contribution >= 4 is 34.9 Å². The molecule has 4 nitrogen and oxygen atoms in total. The molecule has 0 saturated carbocycles. The normalized spacial score (nSPS) is 11.3. The maximum Gasteiger partial charge on any atom is 0.342 e. The Bertz CT molecular complexity index is 428. The molecule has 16 heavy (non-hydrogen) atoms. The summed E-state index contributed by atoms with van der Waals surface area (Å²) in [4.78, 5) is 15.5. The molecule has 0 saturated heterocycles. The highest BCUT2D eigenvalue weighted by molar-refractivity contribution is 6.43. The van der Waals surface area contributed by atoms with Gasteiger partial charge in [0.15, 0.2) is 0 Å². The van der Waals surface area contributed by atoms with Crippen LogP contribution in [0.3, 0.4) is 0 Å². The highest BCUT2D eigenvalue weighted by Crippen LogP contribution is 2.29. The fraction of sp³-hybridized carbons (Fsp3) is 0.400. The molecule has 1 heterocycles. The fourth-order valence-corrected chi connectivity index (χ4v) is 1.39. The molecule has 0 radical (unpaired) electrons. The average molecular weight is 263 g/mol. The average Bonchev–Trinajstić information content (AvgIpc) is 2.09. The quantitative estimate of drug-likeness (QED) is 0.625. The molecule has 0 aromatic carbocycles. The van der Waals surface area contributed by atoms with E-state index in [1.165, 1.54) is 6.20 Å². The number of hydrogen-bond acceptors (Lipinski definition) is 4. The summed E-state index contributed by atoms with van der Waals surface area (Å²) in [5.74, 6) is -0.612. The Kier molecular flexibility index (Phi) is 3.65. The number of carbonyl (C=O) groups excluding carboxylic acids is 1. The van der Waals surface area contributed by atoms with E-state index >= 15 is 0 Å². The number of anilines is 1. The van der Waals surface area contributed by atoms with E-state index in [4.69, 9.17) is 33.7 Å². The third-order valence-electron chi connectivity index (χ3n) is 1.61. The van der Waals surface area contributed by atoms with Gasteiger partial charge < -0.3 is 10.5 Å². The van der Waals surface area contributed by atoms with Crippen LogP contribution >= 0.6 is 23.2 Å². The van der Waals surface area contributed by atoms with Gasteiger partial charge in [0.2, 0.25) is 0 Å². The van der Waals surface area contributed by atoms with Crippen LogP contribution in [0.2, 0.25) is 10.2 Å². The number of nitrogens with two attached hydrogens (primary N) is 1. The Hall–Kier alpha value is -1.00. The molecular formula is C10H12Cl2N2O2. The lowest BCUT2D eigenvalue weighted by atomic mass is 10.1. The number of esters is 1. The molecule has 88 valence electrons. The number of carbonyl (C=O) groups is 1. The van der Waals surface area contributed by atoms with Crippen molar-refractivity contribution in [1.82, 2.24) is 4.98 Å². The van der Waals surface area contributed by atoms with Gasteiger partial charge in [-0.2, -0.15) is 0 Å². The lowest BCUT2D eigenvalue weighted by molar-refractivity contribution is 0.00709. The van der Waals surface area contributed by atoms with E-state index < -0.39 is 11.6 Å². The zero-order chi connectivity index (χ0) is 12.5. The smallest absolute Gasteiger partial charge is 0.342 e. The molecule has 0 aliphatic rings. The molecule has 0 aliphatic heterocycles. The van der Waals surface area contributed by atoms with E-state index in [1.807, 2.05) is 0 Å². The molecule has 0 bridgehead atoms. The van der Waals surface area contributed by atoms with Gasteiger partial charge in [0.25, 0.3) is 0 Å². The van der Waals surface area contributed by atoms with Gasteiger partial charge in [0.05, 0.1) is 16.9 Å². The third kappa shape index (κ3) is 3.00. The molecule has 2 N–H and O–H groups in total. The Labute approximate surface area is 104 Å². The van der Waals surface area contributed by atoms with Crippen molar-refractivity contribution in [2.24, 2.45) is 0 Å². The number of nitrogen functional groups attached to an aromatic ring is 1. The minimum Gasteiger partial charge on any atom is -0.456 e. The number of nitrogens with zero attached hydrogens (tertiary/aromatic N) is 1. The van der Waals surface area contributed by atoms with Crippen LogP contribution in [0.1, 0.15) is 31.1 Å². The van der Waals surface area contributed by atoms with Crippen molar-refractivity contribution in [3.63, 3.8) is 0 Å². The summed E-state index contributed by atoms with van der Waals surface area (Å²) in [5.41, 5.74) is 5.18. The molecule has 0 aliphatic carbocycles. The van der Waals surface area contributed by atoms with Crippen molar-refractivity contribution in [3.8, 4) is 0 Å². The van der Waals surface area contributed by atoms with Gasteiger partial charge in [-0.1, -0.05) is 23.2 Å². The van der Waals surface area contributed by atoms with Gasteiger partial charge in [0, 0.05) is 0 Å². The van der Waals surface area contributed by atoms with Gasteiger partial charge >= 0.3 is 5.97 Å². The maximum absolute atomic E-state index is 11.8. The standard InChI is InChI=1S/C10H12Cl2N2O2/c1-10(2,3)16-9(15)6-5(13)4-14-8(12)7(6)11/h4H,13H2,1-3H3. The van der Waals surface area contributed by atoms with E-state index in [0.29, 0.717) is 0 Å². The van der Waals surface area contributed by atoms with Crippen LogP contribution in [0.25, 0.3) is 0 Å². The first-order chi connectivity index (χ1) is 7.22. The SMILES string of the molecule is CC(C)(C)OC(=O)c1c(N)cnc(Cl)c1Cl. The molecule has 0 amide bonds. The zero-order valence-corrected chi connectivity index (χ0v) is 10.7. The van der Waals surface area contributed by atoms with Crippen molar-refractivity contribution < 1.29 is 9.53 Å². The van der Waals surface area contributed by atoms with Crippen LogP contribution < -0.4 is 5.73 Å². The topological polar surface area (TPSA) is 65.2 Å². The first-order valence-electron chi connectivity index (χ1n) is 4.55. The summed E-state index contributed by atoms with van der Waals surface area (Å²) >= 11 is 11.5. The largest absolute Gasteiger partial charge is 0.456 e. The summed E-state index contributed by atoms with van der Waals surface area (Å²) in [6, 6.07) is 0. The second-order valence-electron chi connectivity index (χ2n) is 4.20. The van der Waals surface area contributed by atoms with Crippen molar-refractivity contribution in [2.45, 2.75) is 26.4 Å². The first kappa shape index (κ1) is 13.1. The predicted molar refractivity (Wildman–Crippen MR) is 63.8 cm³/mol. The highest BCUT2D eigenvalue weighted by atomic mass is 35.5.